The lowest BCUT2D eigenvalue weighted by Crippen LogP contribution is -2.52. The number of unbranched alkanes of at least 4 members (excludes halogenated alkanes) is 15. The van der Waals surface area contributed by atoms with Gasteiger partial charge in [-0.15, -0.1) is 0 Å². The second-order valence-corrected chi connectivity index (χ2v) is 37.5. The molecule has 0 aliphatic carbocycles. The number of carbonyl (C=O) groups is 15. The molecule has 37 nitrogen and oxygen atoms in total. The number of carbonyl (C=O) groups excluding carboxylic acids is 14. The van der Waals surface area contributed by atoms with Crippen molar-refractivity contribution in [3.05, 3.63) is 48.0 Å². The Morgan fingerprint density at radius 1 is 0.421 bits per heavy atom. The number of benzene rings is 1. The molecule has 0 aliphatic rings. The number of carboxylic acids is 1. The zero-order valence-electron chi connectivity index (χ0n) is 80.4. The highest BCUT2D eigenvalue weighted by atomic mass is 32.2. The summed E-state index contributed by atoms with van der Waals surface area (Å²) in [6.45, 7) is 13.1. The number of aliphatic carboxylic acids is 1. The number of rotatable bonds is 80. The van der Waals surface area contributed by atoms with Crippen molar-refractivity contribution in [2.45, 2.75) is 347 Å². The predicted molar refractivity (Wildman–Crippen MR) is 516 cm³/mol. The highest BCUT2D eigenvalue weighted by Gasteiger charge is 2.40. The lowest BCUT2D eigenvalue weighted by Gasteiger charge is -2.27. The van der Waals surface area contributed by atoms with Crippen LogP contribution in [0.5, 0.6) is 5.75 Å². The van der Waals surface area contributed by atoms with E-state index in [9.17, 15) is 82.4 Å². The number of nitrogens with one attached hydrogen (secondary N) is 8. The largest absolute Gasteiger partial charge is 0.508 e. The number of thioether (sulfide) groups is 1. The van der Waals surface area contributed by atoms with Crippen LogP contribution < -0.4 is 83.1 Å². The molecule has 0 unspecified atom stereocenters. The Hall–Kier alpha value is -9.79. The van der Waals surface area contributed by atoms with Crippen LogP contribution in [0.25, 0.3) is 0 Å². The van der Waals surface area contributed by atoms with Crippen molar-refractivity contribution in [3.63, 3.8) is 0 Å². The SMILES string of the molecule is CCCCCCCCCCCCCCCC(=O)N[C@@H](CCCCN)C(=O)N[C@@H](CCCCN)C(=O)C[C@@H](CC(C)C)C(=O)N[C@@H](CCCN=C(N)N)C(=O)C[C@@H](C)C(=O)N[C@@H](CCSC)C(=O)C[C@H](C(=O)N[C@@H](CC(=O)O)C(=O)C[C@@H](CCCCN)C(=O)N[C@@H](Cc1ccc(O)cc1)C(=O)C[C@@H](CCCN=C(N)N)C(=O)N[C@@H](CC(C)C)C(=O)C[C@@H](Cc1cnc[nH]1)C(N)=O)[C@@H](C)O. The molecular weight excluding hydrogens is 1730 g/mol. The maximum atomic E-state index is 15.0. The number of aliphatic hydroxyl groups excluding tert-OH is 1. The molecule has 0 saturated heterocycles. The number of hydrogen-bond acceptors (Lipinski definition) is 24. The second kappa shape index (κ2) is 69.1. The molecule has 2 aromatic rings. The van der Waals surface area contributed by atoms with Crippen molar-refractivity contribution in [3.8, 4) is 5.75 Å². The Kier molecular flexibility index (Phi) is 62.0. The minimum Gasteiger partial charge on any atom is -0.508 e. The number of aromatic hydroxyl groups is 1. The smallest absolute Gasteiger partial charge is 0.305 e. The second-order valence-electron chi connectivity index (χ2n) is 36.5. The molecular formula is C95H163N19O18S. The normalized spacial score (nSPS) is 14.6. The summed E-state index contributed by atoms with van der Waals surface area (Å²) in [5.41, 5.74) is 46.9. The third-order valence-electron chi connectivity index (χ3n) is 23.7. The number of aliphatic imine (C=N–C) groups is 2. The summed E-state index contributed by atoms with van der Waals surface area (Å²) >= 11 is 1.31. The monoisotopic (exact) mass is 1890 g/mol. The van der Waals surface area contributed by atoms with Crippen LogP contribution in [-0.4, -0.2) is 218 Å². The summed E-state index contributed by atoms with van der Waals surface area (Å²) in [6, 6.07) is -3.42. The maximum Gasteiger partial charge on any atom is 0.305 e. The van der Waals surface area contributed by atoms with Crippen LogP contribution in [0.4, 0.5) is 0 Å². The number of Topliss-reactive ketones (excluding diaryl/α,β-unsaturated/α-hetero) is 6. The first-order valence-electron chi connectivity index (χ1n) is 48.2. The highest BCUT2D eigenvalue weighted by molar-refractivity contribution is 7.98. The Morgan fingerprint density at radius 2 is 0.842 bits per heavy atom. The number of guanidine groups is 2. The summed E-state index contributed by atoms with van der Waals surface area (Å²) in [6.07, 6.45) is 17.3. The molecule has 1 heterocycles. The number of nitrogens with zero attached hydrogens (tertiary/aromatic N) is 3. The van der Waals surface area contributed by atoms with E-state index in [0.29, 0.717) is 62.9 Å². The van der Waals surface area contributed by atoms with Crippen LogP contribution in [0.2, 0.25) is 0 Å². The Morgan fingerprint density at radius 3 is 1.35 bits per heavy atom. The quantitative estimate of drug-likeness (QED) is 0.0207. The van der Waals surface area contributed by atoms with Crippen LogP contribution in [0, 0.1) is 47.3 Å². The van der Waals surface area contributed by atoms with Gasteiger partial charge in [0.15, 0.2) is 46.6 Å². The topological polar surface area (TPSA) is 663 Å². The molecule has 0 aliphatic heterocycles. The number of imidazole rings is 1. The summed E-state index contributed by atoms with van der Waals surface area (Å²) in [5.74, 6) is -19.3. The zero-order valence-corrected chi connectivity index (χ0v) is 81.2. The van der Waals surface area contributed by atoms with Gasteiger partial charge in [0.05, 0.1) is 66.9 Å². The number of aromatic nitrogens is 2. The van der Waals surface area contributed by atoms with E-state index in [0.717, 1.165) is 25.7 Å². The third kappa shape index (κ3) is 52.6. The van der Waals surface area contributed by atoms with Gasteiger partial charge in [0.2, 0.25) is 47.3 Å². The summed E-state index contributed by atoms with van der Waals surface area (Å²) < 4.78 is 0. The maximum absolute atomic E-state index is 15.0. The van der Waals surface area contributed by atoms with E-state index in [1.165, 1.54) is 114 Å². The van der Waals surface area contributed by atoms with E-state index in [1.807, 2.05) is 27.7 Å². The molecule has 0 spiro atoms. The van der Waals surface area contributed by atoms with E-state index >= 15 is 4.79 Å². The first kappa shape index (κ1) is 119. The molecule has 0 radical (unpaired) electrons. The predicted octanol–water partition coefficient (Wildman–Crippen LogP) is 5.93. The summed E-state index contributed by atoms with van der Waals surface area (Å²) in [7, 11) is 0. The molecule has 2 rings (SSSR count). The van der Waals surface area contributed by atoms with Gasteiger partial charge in [-0.3, -0.25) is 81.9 Å². The fourth-order valence-corrected chi connectivity index (χ4v) is 16.4. The van der Waals surface area contributed by atoms with Crippen LogP contribution in [0.1, 0.15) is 297 Å². The molecule has 0 saturated carbocycles. The van der Waals surface area contributed by atoms with Gasteiger partial charge in [0.1, 0.15) is 11.8 Å². The number of aliphatic hydroxyl groups is 1. The van der Waals surface area contributed by atoms with E-state index in [2.05, 4.69) is 64.1 Å². The van der Waals surface area contributed by atoms with Gasteiger partial charge < -0.3 is 103 Å². The first-order chi connectivity index (χ1) is 63.3. The lowest BCUT2D eigenvalue weighted by molar-refractivity contribution is -0.142. The highest BCUT2D eigenvalue weighted by Crippen LogP contribution is 2.27. The fraction of sp³-hybridized carbons (Fsp3) is 0.726. The van der Waals surface area contributed by atoms with Crippen LogP contribution in [0.3, 0.4) is 0 Å². The number of amides is 8. The molecule has 1 aromatic carbocycles. The van der Waals surface area contributed by atoms with Crippen molar-refractivity contribution >= 4 is 112 Å². The molecule has 0 bridgehead atoms. The number of hydrogen-bond donors (Lipinski definition) is 19. The van der Waals surface area contributed by atoms with Crippen LogP contribution in [0.15, 0.2) is 46.8 Å². The van der Waals surface area contributed by atoms with Gasteiger partial charge in [0, 0.05) is 100 Å². The summed E-state index contributed by atoms with van der Waals surface area (Å²) in [5, 5.41) is 51.2. The minimum atomic E-state index is -1.89. The molecule has 8 amide bonds. The van der Waals surface area contributed by atoms with Crippen molar-refractivity contribution < 1.29 is 87.2 Å². The number of ketones is 6. The van der Waals surface area contributed by atoms with E-state index < -0.39 is 198 Å². The average molecular weight is 1890 g/mol. The fourth-order valence-electron chi connectivity index (χ4n) is 16.0. The zero-order chi connectivity index (χ0) is 99.3. The van der Waals surface area contributed by atoms with Gasteiger partial charge >= 0.3 is 5.97 Å². The molecule has 1 aromatic heterocycles. The summed E-state index contributed by atoms with van der Waals surface area (Å²) in [4.78, 5) is 229. The third-order valence-corrected chi connectivity index (χ3v) is 24.3. The molecule has 133 heavy (non-hydrogen) atoms. The molecule has 38 heteroatoms. The molecule has 27 N–H and O–H groups in total. The number of phenols is 1. The Balaban J connectivity index is 2.49. The number of phenolic OH excluding ortho intramolecular Hbond substituents is 1. The number of primary amides is 1. The lowest BCUT2D eigenvalue weighted by atomic mass is 9.87. The van der Waals surface area contributed by atoms with Gasteiger partial charge in [-0.1, -0.05) is 137 Å². The first-order valence-corrected chi connectivity index (χ1v) is 49.6. The number of H-pyrrole nitrogens is 1. The van der Waals surface area contributed by atoms with Gasteiger partial charge in [-0.2, -0.15) is 11.8 Å². The van der Waals surface area contributed by atoms with Crippen molar-refractivity contribution in [1.82, 2.24) is 47.2 Å². The number of carboxylic acid groups (broad SMARTS) is 1. The Labute approximate surface area is 791 Å². The standard InChI is InChI=1S/C95H163N19O18S/c1-9-10-11-12-13-14-15-16-17-18-19-20-21-35-85(123)108-75(33-24-27-43-98)93(132)111-72(32-23-26-42-97)80(118)55-68(47-60(2)3)91(130)110-73(34-29-45-106-95(102)103)79(117)49-62(6)88(127)109-74(40-46-133-8)84(122)56-71(63(7)115)92(131)114-78(57-86(124)125)82(120)52-65(30-22-25-41-96)89(128)113-77(50-64-36-38-70(116)39-37-64)81(119)53-66(31-28-44-105-94(100)101)90(129)112-76(48-61(4)5)83(121)54-67(87(99)126)51-69-58-104-59-107-69/h36-39,58-63,65-68,71-78,115-116H,9-35,40-57,96-98H2,1-8H3,(H2,99,126)(H,104,107)(H,108,123)(H,109,127)(H,110,130)(H,111,132)(H,112,129)(H,113,128)(H,114,131)(H,124,125)(H4,100,101,105)(H4,102,103,106)/t62-,63-,65-,66-,67-,68-,71+,72+,73+,74+,75+,76+,77+,78+/m1/s1. The van der Waals surface area contributed by atoms with Gasteiger partial charge in [-0.05, 0) is 177 Å². The van der Waals surface area contributed by atoms with Crippen LogP contribution >= 0.6 is 11.8 Å². The van der Waals surface area contributed by atoms with Crippen molar-refractivity contribution in [2.24, 2.45) is 103 Å². The van der Waals surface area contributed by atoms with E-state index in [1.54, 1.807) is 6.26 Å². The van der Waals surface area contributed by atoms with Crippen LogP contribution in [-0.2, 0) is 84.8 Å². The molecule has 14 atom stereocenters. The average Bonchev–Trinajstić information content (AvgIpc) is 1.15. The minimum absolute atomic E-state index is 0.0186. The van der Waals surface area contributed by atoms with E-state index in [4.69, 9.17) is 45.9 Å². The number of aromatic amines is 1. The van der Waals surface area contributed by atoms with E-state index in [-0.39, 0.29) is 164 Å². The molecule has 0 fully saturated rings. The van der Waals surface area contributed by atoms with Gasteiger partial charge in [-0.25, -0.2) is 4.98 Å². The van der Waals surface area contributed by atoms with Gasteiger partial charge in [0.25, 0.3) is 0 Å². The van der Waals surface area contributed by atoms with Crippen molar-refractivity contribution in [2.75, 3.05) is 44.7 Å². The number of nitrogens with two attached hydrogens (primary N) is 8. The van der Waals surface area contributed by atoms with Crippen molar-refractivity contribution in [1.29, 1.82) is 0 Å². The Bertz CT molecular complexity index is 3900. The molecule has 752 valence electrons.